The van der Waals surface area contributed by atoms with E-state index in [0.717, 1.165) is 63.5 Å². The zero-order valence-electron chi connectivity index (χ0n) is 36.8. The smallest absolute Gasteiger partial charge is 0.303 e. The average molecular weight is 828 g/mol. The molecule has 1 saturated heterocycles. The van der Waals surface area contributed by atoms with E-state index in [1.807, 2.05) is 46.9 Å². The molecule has 3 N–H and O–H groups in total. The van der Waals surface area contributed by atoms with Gasteiger partial charge in [0.25, 0.3) is 5.91 Å². The van der Waals surface area contributed by atoms with Crippen LogP contribution >= 0.6 is 11.3 Å². The van der Waals surface area contributed by atoms with Crippen molar-refractivity contribution in [1.29, 1.82) is 0 Å². The van der Waals surface area contributed by atoms with Crippen LogP contribution in [-0.2, 0) is 30.3 Å². The van der Waals surface area contributed by atoms with Crippen LogP contribution in [0.1, 0.15) is 153 Å². The van der Waals surface area contributed by atoms with Crippen molar-refractivity contribution < 1.29 is 33.8 Å². The van der Waals surface area contributed by atoms with Gasteiger partial charge < -0.3 is 30.1 Å². The molecule has 2 aromatic rings. The Morgan fingerprint density at radius 2 is 1.69 bits per heavy atom. The van der Waals surface area contributed by atoms with E-state index in [-0.39, 0.29) is 66.2 Å². The Kier molecular flexibility index (Phi) is 21.2. The number of carbonyl (C=O) groups excluding carboxylic acids is 4. The molecule has 1 aromatic heterocycles. The molecule has 326 valence electrons. The molecule has 12 nitrogen and oxygen atoms in total. The molecular weight excluding hydrogens is 755 g/mol. The summed E-state index contributed by atoms with van der Waals surface area (Å²) in [7, 11) is 1.96. The van der Waals surface area contributed by atoms with Crippen molar-refractivity contribution in [3.8, 4) is 5.75 Å². The number of amides is 3. The Morgan fingerprint density at radius 3 is 2.31 bits per heavy atom. The van der Waals surface area contributed by atoms with E-state index in [4.69, 9.17) is 14.5 Å². The fourth-order valence-corrected chi connectivity index (χ4v) is 8.51. The molecule has 58 heavy (non-hydrogen) atoms. The third-order valence-electron chi connectivity index (χ3n) is 11.2. The number of piperidine rings is 1. The third kappa shape index (κ3) is 15.9. The fourth-order valence-electron chi connectivity index (χ4n) is 7.67. The number of hydrogen-bond donors (Lipinski definition) is 3. The number of rotatable bonds is 25. The van der Waals surface area contributed by atoms with Crippen molar-refractivity contribution in [2.75, 3.05) is 26.9 Å². The first-order valence-corrected chi connectivity index (χ1v) is 22.6. The van der Waals surface area contributed by atoms with Gasteiger partial charge in [-0.3, -0.25) is 24.1 Å². The number of nitrogens with one attached hydrogen (secondary N) is 2. The lowest BCUT2D eigenvalue weighted by Gasteiger charge is -2.40. The van der Waals surface area contributed by atoms with Crippen LogP contribution in [0.15, 0.2) is 29.6 Å². The number of aromatic hydroxyl groups is 1. The maximum atomic E-state index is 14.9. The first-order chi connectivity index (χ1) is 27.6. The number of phenolic OH excluding ortho intramolecular Hbond substituents is 1. The SMILES string of the molecule is CCCCCCCOCN(C(=O)[C@@H](NC(=O)[C@H]1CCCCN1C)C(C)CC)[C@H](C[C@@H](OC(C)=O)c1nc(C(=O)N[C@@H](Cc2ccc(O)cc2)CC(C)C)cs1)C(C)C. The summed E-state index contributed by atoms with van der Waals surface area (Å²) in [4.78, 5) is 63.5. The minimum atomic E-state index is -0.836. The molecule has 6 atom stereocenters. The molecule has 13 heteroatoms. The molecule has 1 aliphatic rings. The second-order valence-corrected chi connectivity index (χ2v) is 17.9. The summed E-state index contributed by atoms with van der Waals surface area (Å²) in [6.45, 7) is 17.2. The fraction of sp³-hybridized carbons (Fsp3) is 0.711. The molecule has 3 rings (SSSR count). The van der Waals surface area contributed by atoms with E-state index < -0.39 is 24.2 Å². The number of aromatic nitrogens is 1. The van der Waals surface area contributed by atoms with Crippen molar-refractivity contribution in [3.05, 3.63) is 45.9 Å². The second kappa shape index (κ2) is 25.2. The summed E-state index contributed by atoms with van der Waals surface area (Å²) in [6, 6.07) is 5.30. The lowest BCUT2D eigenvalue weighted by molar-refractivity contribution is -0.153. The highest BCUT2D eigenvalue weighted by Gasteiger charge is 2.39. The van der Waals surface area contributed by atoms with E-state index in [9.17, 15) is 24.3 Å². The Bertz CT molecular complexity index is 1550. The number of carbonyl (C=O) groups is 4. The molecular formula is C45H73N5O7S. The topological polar surface area (TPSA) is 150 Å². The number of phenols is 1. The van der Waals surface area contributed by atoms with Crippen molar-refractivity contribution >= 4 is 35.0 Å². The number of likely N-dealkylation sites (tertiary alicyclic amines) is 1. The van der Waals surface area contributed by atoms with Crippen LogP contribution in [0.5, 0.6) is 5.75 Å². The van der Waals surface area contributed by atoms with E-state index in [2.05, 4.69) is 36.3 Å². The number of thiazole rings is 1. The van der Waals surface area contributed by atoms with Gasteiger partial charge in [0.2, 0.25) is 11.8 Å². The number of nitrogens with zero attached hydrogens (tertiary/aromatic N) is 3. The Labute approximate surface area is 352 Å². The normalized spacial score (nSPS) is 17.3. The number of ether oxygens (including phenoxy) is 2. The minimum absolute atomic E-state index is 0.0260. The van der Waals surface area contributed by atoms with Crippen LogP contribution in [-0.4, -0.2) is 94.7 Å². The number of likely N-dealkylation sites (N-methyl/N-ethyl adjacent to an activating group) is 1. The summed E-state index contributed by atoms with van der Waals surface area (Å²) >= 11 is 1.25. The Morgan fingerprint density at radius 1 is 0.983 bits per heavy atom. The second-order valence-electron chi connectivity index (χ2n) is 17.0. The number of unbranched alkanes of at least 4 members (excludes halogenated alkanes) is 4. The van der Waals surface area contributed by atoms with Crippen LogP contribution in [0.4, 0.5) is 0 Å². The number of benzene rings is 1. The van der Waals surface area contributed by atoms with Gasteiger partial charge in [-0.1, -0.05) is 99.1 Å². The van der Waals surface area contributed by atoms with E-state index in [1.165, 1.54) is 24.7 Å². The standard InChI is InChI=1S/C45H73N5O7S/c1-10-12-13-14-17-24-56-29-50(45(55)41(32(7)11-2)48-43(54)38-18-15-16-23-49(38)9)39(31(5)6)27-40(57-33(8)51)44-47-37(28-58-44)42(53)46-35(25-30(3)4)26-34-19-21-36(52)22-20-34/h19-22,28,30-32,35,38-41,52H,10-18,23-27,29H2,1-9H3,(H,46,53)(H,48,54)/t32?,35-,38-,39-,40-,41+/m1/s1. The third-order valence-corrected chi connectivity index (χ3v) is 12.2. The van der Waals surface area contributed by atoms with E-state index in [1.54, 1.807) is 22.4 Å². The maximum Gasteiger partial charge on any atom is 0.303 e. The summed E-state index contributed by atoms with van der Waals surface area (Å²) in [5, 5.41) is 18.2. The largest absolute Gasteiger partial charge is 0.508 e. The lowest BCUT2D eigenvalue weighted by atomic mass is 9.92. The summed E-state index contributed by atoms with van der Waals surface area (Å²) in [5.74, 6) is -0.906. The molecule has 1 fully saturated rings. The van der Waals surface area contributed by atoms with Gasteiger partial charge in [-0.05, 0) is 81.1 Å². The van der Waals surface area contributed by atoms with Crippen molar-refractivity contribution in [3.63, 3.8) is 0 Å². The highest BCUT2D eigenvalue weighted by Crippen LogP contribution is 2.32. The summed E-state index contributed by atoms with van der Waals surface area (Å²) < 4.78 is 12.2. The van der Waals surface area contributed by atoms with Gasteiger partial charge in [0.05, 0.1) is 6.04 Å². The summed E-state index contributed by atoms with van der Waals surface area (Å²) in [6.07, 6.45) is 9.52. The molecule has 2 heterocycles. The van der Waals surface area contributed by atoms with Crippen LogP contribution in [0, 0.1) is 17.8 Å². The Hall–Kier alpha value is -3.55. The monoisotopic (exact) mass is 828 g/mol. The molecule has 1 aliphatic heterocycles. The predicted octanol–water partition coefficient (Wildman–Crippen LogP) is 8.04. The van der Waals surface area contributed by atoms with Gasteiger partial charge in [0, 0.05) is 37.4 Å². The molecule has 0 spiro atoms. The van der Waals surface area contributed by atoms with Crippen LogP contribution in [0.2, 0.25) is 0 Å². The number of hydrogen-bond acceptors (Lipinski definition) is 10. The predicted molar refractivity (Wildman–Crippen MR) is 230 cm³/mol. The molecule has 0 aliphatic carbocycles. The molecule has 0 saturated carbocycles. The molecule has 0 radical (unpaired) electrons. The molecule has 3 amide bonds. The Balaban J connectivity index is 1.91. The first kappa shape index (κ1) is 48.8. The van der Waals surface area contributed by atoms with Gasteiger partial charge >= 0.3 is 5.97 Å². The number of esters is 1. The summed E-state index contributed by atoms with van der Waals surface area (Å²) in [5.41, 5.74) is 1.22. The average Bonchev–Trinajstić information content (AvgIpc) is 3.68. The lowest BCUT2D eigenvalue weighted by Crippen LogP contribution is -2.59. The highest BCUT2D eigenvalue weighted by molar-refractivity contribution is 7.09. The van der Waals surface area contributed by atoms with Gasteiger partial charge in [-0.15, -0.1) is 11.3 Å². The van der Waals surface area contributed by atoms with E-state index >= 15 is 0 Å². The van der Waals surface area contributed by atoms with E-state index in [0.29, 0.717) is 30.4 Å². The van der Waals surface area contributed by atoms with Crippen molar-refractivity contribution in [2.24, 2.45) is 17.8 Å². The van der Waals surface area contributed by atoms with Gasteiger partial charge in [0.1, 0.15) is 29.2 Å². The van der Waals surface area contributed by atoms with Crippen LogP contribution < -0.4 is 10.6 Å². The van der Waals surface area contributed by atoms with Crippen molar-refractivity contribution in [2.45, 2.75) is 163 Å². The van der Waals surface area contributed by atoms with Crippen LogP contribution in [0.25, 0.3) is 0 Å². The van der Waals surface area contributed by atoms with Gasteiger partial charge in [-0.25, -0.2) is 4.98 Å². The van der Waals surface area contributed by atoms with Gasteiger partial charge in [-0.2, -0.15) is 0 Å². The van der Waals surface area contributed by atoms with Crippen molar-refractivity contribution in [1.82, 2.24) is 25.4 Å². The molecule has 0 bridgehead atoms. The molecule has 1 aromatic carbocycles. The molecule has 1 unspecified atom stereocenters. The quantitative estimate of drug-likeness (QED) is 0.0514. The highest BCUT2D eigenvalue weighted by atomic mass is 32.1. The zero-order chi connectivity index (χ0) is 42.8. The first-order valence-electron chi connectivity index (χ1n) is 21.7. The zero-order valence-corrected chi connectivity index (χ0v) is 37.6. The maximum absolute atomic E-state index is 14.9. The van der Waals surface area contributed by atoms with Crippen LogP contribution in [0.3, 0.4) is 0 Å². The minimum Gasteiger partial charge on any atom is -0.508 e. The van der Waals surface area contributed by atoms with Gasteiger partial charge in [0.15, 0.2) is 6.10 Å².